The average Bonchev–Trinajstić information content (AvgIpc) is 3.28. The Morgan fingerprint density at radius 3 is 2.67 bits per heavy atom. The maximum Gasteiger partial charge on any atom is 0.220 e. The quantitative estimate of drug-likeness (QED) is 0.455. The van der Waals surface area contributed by atoms with E-state index >= 15 is 0 Å². The Morgan fingerprint density at radius 2 is 1.85 bits per heavy atom. The molecule has 4 rings (SSSR count). The number of para-hydroxylation sites is 3. The Balaban J connectivity index is 1.24. The highest BCUT2D eigenvalue weighted by Gasteiger charge is 2.13. The van der Waals surface area contributed by atoms with Crippen molar-refractivity contribution in [1.82, 2.24) is 20.3 Å². The molecule has 27 heavy (non-hydrogen) atoms. The Hall–Kier alpha value is -2.73. The van der Waals surface area contributed by atoms with E-state index in [1.807, 2.05) is 49.4 Å². The Bertz CT molecular complexity index is 1000. The second-order valence-corrected chi connectivity index (χ2v) is 7.83. The van der Waals surface area contributed by atoms with Crippen molar-refractivity contribution in [3.05, 3.63) is 59.4 Å². The van der Waals surface area contributed by atoms with E-state index in [1.54, 1.807) is 11.3 Å². The Labute approximate surface area is 161 Å². The number of nitrogens with zero attached hydrogens (tertiary/aromatic N) is 2. The molecule has 2 aromatic heterocycles. The van der Waals surface area contributed by atoms with Gasteiger partial charge in [0.25, 0.3) is 0 Å². The zero-order chi connectivity index (χ0) is 18.6. The van der Waals surface area contributed by atoms with Gasteiger partial charge in [0.05, 0.1) is 32.3 Å². The first-order chi connectivity index (χ1) is 13.2. The number of hydrogen-bond acceptors (Lipinski definition) is 4. The van der Waals surface area contributed by atoms with E-state index in [9.17, 15) is 4.79 Å². The van der Waals surface area contributed by atoms with Crippen molar-refractivity contribution < 1.29 is 4.79 Å². The number of imidazole rings is 1. The number of aromatic nitrogens is 3. The van der Waals surface area contributed by atoms with E-state index in [4.69, 9.17) is 0 Å². The van der Waals surface area contributed by atoms with Crippen LogP contribution in [0.5, 0.6) is 0 Å². The number of aromatic amines is 1. The van der Waals surface area contributed by atoms with Gasteiger partial charge in [-0.3, -0.25) is 4.79 Å². The summed E-state index contributed by atoms with van der Waals surface area (Å²) < 4.78 is 1.23. The van der Waals surface area contributed by atoms with E-state index in [1.165, 1.54) is 4.70 Å². The molecular weight excluding hydrogens is 356 g/mol. The van der Waals surface area contributed by atoms with Gasteiger partial charge in [0.2, 0.25) is 5.91 Å². The van der Waals surface area contributed by atoms with Gasteiger partial charge in [-0.2, -0.15) is 0 Å². The minimum Gasteiger partial charge on any atom is -0.346 e. The van der Waals surface area contributed by atoms with E-state index in [0.717, 1.165) is 46.6 Å². The fourth-order valence-electron chi connectivity index (χ4n) is 3.15. The third-order valence-corrected chi connectivity index (χ3v) is 5.67. The van der Waals surface area contributed by atoms with E-state index in [0.29, 0.717) is 6.42 Å². The van der Waals surface area contributed by atoms with Crippen molar-refractivity contribution >= 4 is 38.5 Å². The predicted molar refractivity (Wildman–Crippen MR) is 110 cm³/mol. The molecule has 0 bridgehead atoms. The highest BCUT2D eigenvalue weighted by Crippen LogP contribution is 2.23. The fraction of sp³-hybridized carbons (Fsp3) is 0.286. The number of benzene rings is 2. The number of carbonyl (C=O) groups is 1. The van der Waals surface area contributed by atoms with Gasteiger partial charge in [0.15, 0.2) is 0 Å². The van der Waals surface area contributed by atoms with Crippen LogP contribution in [0.4, 0.5) is 0 Å². The molecule has 0 spiro atoms. The first-order valence-corrected chi connectivity index (χ1v) is 10.1. The molecule has 138 valence electrons. The van der Waals surface area contributed by atoms with Crippen LogP contribution in [0.15, 0.2) is 48.5 Å². The summed E-state index contributed by atoms with van der Waals surface area (Å²) in [5, 5.41) is 4.18. The number of hydrogen-bond donors (Lipinski definition) is 2. The highest BCUT2D eigenvalue weighted by atomic mass is 32.1. The molecule has 0 aliphatic rings. The van der Waals surface area contributed by atoms with Gasteiger partial charge in [-0.15, -0.1) is 11.3 Å². The smallest absolute Gasteiger partial charge is 0.220 e. The number of thiazole rings is 1. The second kappa shape index (κ2) is 7.88. The third-order valence-electron chi connectivity index (χ3n) is 4.58. The van der Waals surface area contributed by atoms with Crippen molar-refractivity contribution in [2.24, 2.45) is 0 Å². The van der Waals surface area contributed by atoms with Gasteiger partial charge in [0.1, 0.15) is 5.82 Å². The lowest BCUT2D eigenvalue weighted by molar-refractivity contribution is -0.121. The zero-order valence-electron chi connectivity index (χ0n) is 15.2. The van der Waals surface area contributed by atoms with Crippen LogP contribution in [0, 0.1) is 0 Å². The van der Waals surface area contributed by atoms with Gasteiger partial charge in [0, 0.05) is 6.42 Å². The number of unbranched alkanes of at least 4 members (excludes halogenated alkanes) is 1. The maximum absolute atomic E-state index is 12.2. The first kappa shape index (κ1) is 17.7. The van der Waals surface area contributed by atoms with Crippen molar-refractivity contribution in [3.8, 4) is 0 Å². The lowest BCUT2D eigenvalue weighted by Crippen LogP contribution is -2.27. The maximum atomic E-state index is 12.2. The van der Waals surface area contributed by atoms with E-state index in [2.05, 4.69) is 26.3 Å². The number of amides is 1. The lowest BCUT2D eigenvalue weighted by Gasteiger charge is -2.11. The van der Waals surface area contributed by atoms with Crippen molar-refractivity contribution in [1.29, 1.82) is 0 Å². The number of carbonyl (C=O) groups excluding carboxylic acids is 1. The van der Waals surface area contributed by atoms with Gasteiger partial charge in [-0.1, -0.05) is 24.3 Å². The fourth-order valence-corrected chi connectivity index (χ4v) is 4.16. The summed E-state index contributed by atoms with van der Waals surface area (Å²) in [6.07, 6.45) is 3.27. The van der Waals surface area contributed by atoms with E-state index < -0.39 is 0 Å². The summed E-state index contributed by atoms with van der Waals surface area (Å²) in [6, 6.07) is 16.0. The molecule has 0 aliphatic carbocycles. The molecule has 0 radical (unpaired) electrons. The monoisotopic (exact) mass is 378 g/mol. The van der Waals surface area contributed by atoms with Crippen LogP contribution in [0.2, 0.25) is 0 Å². The third kappa shape index (κ3) is 4.17. The normalized spacial score (nSPS) is 12.5. The van der Waals surface area contributed by atoms with Crippen LogP contribution in [-0.2, 0) is 11.2 Å². The van der Waals surface area contributed by atoms with Crippen molar-refractivity contribution in [2.75, 3.05) is 0 Å². The first-order valence-electron chi connectivity index (χ1n) is 9.27. The predicted octanol–water partition coefficient (Wildman–Crippen LogP) is 4.76. The van der Waals surface area contributed by atoms with Crippen molar-refractivity contribution in [3.63, 3.8) is 0 Å². The molecule has 0 saturated carbocycles. The number of nitrogens with one attached hydrogen (secondary N) is 2. The van der Waals surface area contributed by atoms with Crippen LogP contribution in [0.1, 0.15) is 43.1 Å². The van der Waals surface area contributed by atoms with Crippen LogP contribution < -0.4 is 5.32 Å². The topological polar surface area (TPSA) is 70.7 Å². The molecule has 1 atom stereocenters. The van der Waals surface area contributed by atoms with Gasteiger partial charge >= 0.3 is 0 Å². The molecule has 0 fully saturated rings. The summed E-state index contributed by atoms with van der Waals surface area (Å²) >= 11 is 1.74. The number of aryl methyl sites for hydroxylation is 1. The summed E-state index contributed by atoms with van der Waals surface area (Å²) in [5.41, 5.74) is 2.98. The SMILES string of the molecule is CC(NC(=O)CCCCc1nc2ccccc2s1)c1nc2ccccc2[nH]1. The van der Waals surface area contributed by atoms with Crippen LogP contribution in [-0.4, -0.2) is 20.9 Å². The minimum atomic E-state index is -0.130. The molecule has 2 aromatic carbocycles. The lowest BCUT2D eigenvalue weighted by atomic mass is 10.2. The highest BCUT2D eigenvalue weighted by molar-refractivity contribution is 7.18. The molecule has 6 heteroatoms. The summed E-state index contributed by atoms with van der Waals surface area (Å²) in [5.74, 6) is 0.853. The molecular formula is C21H22N4OS. The van der Waals surface area contributed by atoms with Gasteiger partial charge in [-0.05, 0) is 50.5 Å². The van der Waals surface area contributed by atoms with Gasteiger partial charge < -0.3 is 10.3 Å². The Morgan fingerprint density at radius 1 is 1.07 bits per heavy atom. The Kier molecular flexibility index (Phi) is 5.16. The largest absolute Gasteiger partial charge is 0.346 e. The zero-order valence-corrected chi connectivity index (χ0v) is 16.1. The molecule has 1 unspecified atom stereocenters. The van der Waals surface area contributed by atoms with Crippen LogP contribution >= 0.6 is 11.3 Å². The molecule has 2 N–H and O–H groups in total. The minimum absolute atomic E-state index is 0.0623. The number of rotatable bonds is 7. The second-order valence-electron chi connectivity index (χ2n) is 6.71. The summed E-state index contributed by atoms with van der Waals surface area (Å²) in [4.78, 5) is 24.7. The average molecular weight is 379 g/mol. The number of fused-ring (bicyclic) bond motifs is 2. The standard InChI is InChI=1S/C21H22N4OS/c1-14(21-24-15-8-2-3-9-16(15)25-21)22-19(26)12-6-7-13-20-23-17-10-4-5-11-18(17)27-20/h2-5,8-11,14H,6-7,12-13H2,1H3,(H,22,26)(H,24,25). The number of H-pyrrole nitrogens is 1. The molecule has 0 aliphatic heterocycles. The van der Waals surface area contributed by atoms with Gasteiger partial charge in [-0.25, -0.2) is 9.97 Å². The van der Waals surface area contributed by atoms with E-state index in [-0.39, 0.29) is 11.9 Å². The summed E-state index contributed by atoms with van der Waals surface area (Å²) in [7, 11) is 0. The summed E-state index contributed by atoms with van der Waals surface area (Å²) in [6.45, 7) is 1.96. The molecule has 5 nitrogen and oxygen atoms in total. The molecule has 2 heterocycles. The van der Waals surface area contributed by atoms with Crippen LogP contribution in [0.3, 0.4) is 0 Å². The molecule has 0 saturated heterocycles. The molecule has 1 amide bonds. The molecule has 4 aromatic rings. The van der Waals surface area contributed by atoms with Crippen molar-refractivity contribution in [2.45, 2.75) is 38.6 Å². The van der Waals surface area contributed by atoms with Crippen LogP contribution in [0.25, 0.3) is 21.3 Å².